The van der Waals surface area contributed by atoms with Gasteiger partial charge in [-0.15, -0.1) is 0 Å². The highest BCUT2D eigenvalue weighted by Crippen LogP contribution is 2.22. The number of nitrogens with zero attached hydrogens (tertiary/aromatic N) is 1. The lowest BCUT2D eigenvalue weighted by atomic mass is 10.0. The van der Waals surface area contributed by atoms with Crippen LogP contribution in [0, 0.1) is 0 Å². The Morgan fingerprint density at radius 1 is 1.64 bits per heavy atom. The summed E-state index contributed by atoms with van der Waals surface area (Å²) in [6.45, 7) is 9.04. The van der Waals surface area contributed by atoms with E-state index in [9.17, 15) is 4.79 Å². The highest BCUT2D eigenvalue weighted by molar-refractivity contribution is 5.72. The van der Waals surface area contributed by atoms with Crippen LogP contribution in [-0.4, -0.2) is 46.8 Å². The Balaban J connectivity index is 2.66. The summed E-state index contributed by atoms with van der Waals surface area (Å²) in [4.78, 5) is 12.8. The normalized spacial score (nSPS) is 29.9. The smallest absolute Gasteiger partial charge is 0.320 e. The maximum atomic E-state index is 10.8. The molecule has 1 aliphatic heterocycles. The van der Waals surface area contributed by atoms with Gasteiger partial charge in [-0.3, -0.25) is 9.69 Å². The number of hydrogen-bond donors (Lipinski definition) is 1. The molecule has 1 N–H and O–H groups in total. The molecule has 0 saturated carbocycles. The molecule has 4 nitrogen and oxygen atoms in total. The van der Waals surface area contributed by atoms with Crippen molar-refractivity contribution < 1.29 is 14.6 Å². The molecule has 0 aromatic carbocycles. The van der Waals surface area contributed by atoms with Crippen LogP contribution in [0.2, 0.25) is 0 Å². The van der Waals surface area contributed by atoms with Crippen LogP contribution in [0.15, 0.2) is 0 Å². The van der Waals surface area contributed by atoms with Gasteiger partial charge in [-0.2, -0.15) is 0 Å². The van der Waals surface area contributed by atoms with Gasteiger partial charge in [0, 0.05) is 13.1 Å². The van der Waals surface area contributed by atoms with Crippen LogP contribution in [0.1, 0.15) is 27.7 Å². The van der Waals surface area contributed by atoms with Crippen molar-refractivity contribution in [3.05, 3.63) is 0 Å². The maximum absolute atomic E-state index is 10.8. The molecule has 1 fully saturated rings. The topological polar surface area (TPSA) is 49.8 Å². The Hall–Kier alpha value is -0.610. The number of carboxylic acid groups (broad SMARTS) is 1. The Morgan fingerprint density at radius 2 is 2.21 bits per heavy atom. The quantitative estimate of drug-likeness (QED) is 0.723. The molecule has 14 heavy (non-hydrogen) atoms. The lowest BCUT2D eigenvalue weighted by molar-refractivity contribution is -0.158. The molecule has 1 saturated heterocycles. The van der Waals surface area contributed by atoms with Crippen LogP contribution in [0.3, 0.4) is 0 Å². The number of aliphatic carboxylic acids is 1. The summed E-state index contributed by atoms with van der Waals surface area (Å²) in [6, 6.07) is -0.430. The molecule has 1 heterocycles. The summed E-state index contributed by atoms with van der Waals surface area (Å²) in [6.07, 6.45) is 0.0977. The van der Waals surface area contributed by atoms with Gasteiger partial charge in [0.15, 0.2) is 0 Å². The number of morpholine rings is 1. The van der Waals surface area contributed by atoms with Gasteiger partial charge in [0.05, 0.1) is 11.7 Å². The minimum Gasteiger partial charge on any atom is -0.480 e. The average Bonchev–Trinajstić information content (AvgIpc) is 1.98. The zero-order chi connectivity index (χ0) is 10.9. The lowest BCUT2D eigenvalue weighted by Crippen LogP contribution is -2.56. The van der Waals surface area contributed by atoms with Crippen LogP contribution in [-0.2, 0) is 9.53 Å². The largest absolute Gasteiger partial charge is 0.480 e. The van der Waals surface area contributed by atoms with Crippen LogP contribution in [0.25, 0.3) is 0 Å². The van der Waals surface area contributed by atoms with Crippen molar-refractivity contribution in [1.29, 1.82) is 0 Å². The van der Waals surface area contributed by atoms with Gasteiger partial charge in [-0.05, 0) is 27.7 Å². The zero-order valence-corrected chi connectivity index (χ0v) is 9.28. The molecule has 0 amide bonds. The van der Waals surface area contributed by atoms with Crippen molar-refractivity contribution >= 4 is 5.97 Å². The third-order valence-corrected chi connectivity index (χ3v) is 2.50. The molecule has 0 aromatic rings. The molecule has 0 aliphatic carbocycles. The summed E-state index contributed by atoms with van der Waals surface area (Å²) >= 11 is 0. The minimum absolute atomic E-state index is 0.0977. The third-order valence-electron chi connectivity index (χ3n) is 2.50. The fourth-order valence-electron chi connectivity index (χ4n) is 1.95. The van der Waals surface area contributed by atoms with Gasteiger partial charge in [0.2, 0.25) is 0 Å². The summed E-state index contributed by atoms with van der Waals surface area (Å²) in [5.41, 5.74) is -0.249. The highest BCUT2D eigenvalue weighted by Gasteiger charge is 2.35. The molecule has 2 unspecified atom stereocenters. The van der Waals surface area contributed by atoms with Crippen molar-refractivity contribution in [2.45, 2.75) is 45.4 Å². The highest BCUT2D eigenvalue weighted by atomic mass is 16.5. The molecule has 0 spiro atoms. The molecule has 1 aliphatic rings. The SMILES string of the molecule is CC1CN(C(C)C(=O)O)CC(C)(C)O1. The fraction of sp³-hybridized carbons (Fsp3) is 0.900. The fourth-order valence-corrected chi connectivity index (χ4v) is 1.95. The van der Waals surface area contributed by atoms with Gasteiger partial charge >= 0.3 is 5.97 Å². The van der Waals surface area contributed by atoms with Crippen LogP contribution < -0.4 is 0 Å². The van der Waals surface area contributed by atoms with E-state index in [1.807, 2.05) is 25.7 Å². The standard InChI is InChI=1S/C10H19NO3/c1-7-5-11(8(2)9(12)13)6-10(3,4)14-7/h7-8H,5-6H2,1-4H3,(H,12,13). The number of carboxylic acids is 1. The predicted octanol–water partition coefficient (Wildman–Crippen LogP) is 0.959. The summed E-state index contributed by atoms with van der Waals surface area (Å²) in [7, 11) is 0. The van der Waals surface area contributed by atoms with E-state index in [4.69, 9.17) is 9.84 Å². The van der Waals surface area contributed by atoms with E-state index in [1.54, 1.807) is 6.92 Å². The molecule has 1 rings (SSSR count). The molecule has 0 aromatic heterocycles. The van der Waals surface area contributed by atoms with Crippen molar-refractivity contribution in [2.24, 2.45) is 0 Å². The van der Waals surface area contributed by atoms with E-state index in [2.05, 4.69) is 0 Å². The van der Waals surface area contributed by atoms with Gasteiger partial charge < -0.3 is 9.84 Å². The van der Waals surface area contributed by atoms with Crippen molar-refractivity contribution in [2.75, 3.05) is 13.1 Å². The summed E-state index contributed by atoms with van der Waals surface area (Å²) in [5, 5.41) is 8.91. The molecule has 0 bridgehead atoms. The van der Waals surface area contributed by atoms with Gasteiger partial charge in [-0.25, -0.2) is 0 Å². The van der Waals surface area contributed by atoms with Crippen molar-refractivity contribution in [1.82, 2.24) is 4.90 Å². The lowest BCUT2D eigenvalue weighted by Gasteiger charge is -2.43. The monoisotopic (exact) mass is 201 g/mol. The van der Waals surface area contributed by atoms with Gasteiger partial charge in [0.1, 0.15) is 6.04 Å². The van der Waals surface area contributed by atoms with Crippen molar-refractivity contribution in [3.8, 4) is 0 Å². The Kier molecular flexibility index (Phi) is 3.17. The second kappa shape index (κ2) is 3.87. The van der Waals surface area contributed by atoms with E-state index in [-0.39, 0.29) is 11.7 Å². The van der Waals surface area contributed by atoms with E-state index >= 15 is 0 Å². The summed E-state index contributed by atoms with van der Waals surface area (Å²) in [5.74, 6) is -0.769. The molecular formula is C10H19NO3. The Labute approximate surface area is 84.8 Å². The van der Waals surface area contributed by atoms with E-state index in [0.29, 0.717) is 13.1 Å². The van der Waals surface area contributed by atoms with Crippen LogP contribution in [0.4, 0.5) is 0 Å². The van der Waals surface area contributed by atoms with Crippen LogP contribution >= 0.6 is 0 Å². The average molecular weight is 201 g/mol. The molecule has 4 heteroatoms. The molecule has 0 radical (unpaired) electrons. The van der Waals surface area contributed by atoms with Crippen LogP contribution in [0.5, 0.6) is 0 Å². The zero-order valence-electron chi connectivity index (χ0n) is 9.28. The number of carbonyl (C=O) groups is 1. The van der Waals surface area contributed by atoms with E-state index < -0.39 is 12.0 Å². The molecule has 2 atom stereocenters. The summed E-state index contributed by atoms with van der Waals surface area (Å²) < 4.78 is 5.70. The molecular weight excluding hydrogens is 182 g/mol. The minimum atomic E-state index is -0.769. The molecule has 82 valence electrons. The van der Waals surface area contributed by atoms with E-state index in [0.717, 1.165) is 0 Å². The maximum Gasteiger partial charge on any atom is 0.320 e. The first-order valence-electron chi connectivity index (χ1n) is 4.96. The second-order valence-electron chi connectivity index (χ2n) is 4.63. The van der Waals surface area contributed by atoms with Gasteiger partial charge in [-0.1, -0.05) is 0 Å². The number of ether oxygens (including phenoxy) is 1. The Morgan fingerprint density at radius 3 is 2.64 bits per heavy atom. The van der Waals surface area contributed by atoms with Crippen molar-refractivity contribution in [3.63, 3.8) is 0 Å². The predicted molar refractivity (Wildman–Crippen MR) is 53.3 cm³/mol. The second-order valence-corrected chi connectivity index (χ2v) is 4.63. The third kappa shape index (κ3) is 2.69. The first kappa shape index (κ1) is 11.5. The van der Waals surface area contributed by atoms with E-state index in [1.165, 1.54) is 0 Å². The van der Waals surface area contributed by atoms with Gasteiger partial charge in [0.25, 0.3) is 0 Å². The Bertz CT molecular complexity index is 227. The number of hydrogen-bond acceptors (Lipinski definition) is 3. The first-order valence-corrected chi connectivity index (χ1v) is 4.96. The number of rotatable bonds is 2. The first-order chi connectivity index (χ1) is 6.32.